The Balaban J connectivity index is 1.77. The summed E-state index contributed by atoms with van der Waals surface area (Å²) in [5.74, 6) is 0.451. The third-order valence-corrected chi connectivity index (χ3v) is 4.34. The summed E-state index contributed by atoms with van der Waals surface area (Å²) in [5.41, 5.74) is 1.68. The Morgan fingerprint density at radius 2 is 2.20 bits per heavy atom. The Labute approximate surface area is 146 Å². The highest BCUT2D eigenvalue weighted by atomic mass is 16.5. The minimum Gasteiger partial charge on any atom is -0.376 e. The number of imidazole rings is 1. The topological polar surface area (TPSA) is 85.2 Å². The lowest BCUT2D eigenvalue weighted by Gasteiger charge is -2.16. The molecule has 1 aromatic heterocycles. The van der Waals surface area contributed by atoms with Crippen molar-refractivity contribution in [3.05, 3.63) is 30.1 Å². The number of benzene rings is 1. The van der Waals surface area contributed by atoms with Crippen molar-refractivity contribution in [1.29, 1.82) is 0 Å². The SMILES string of the molecule is CC(=O)N[C@@H](C)c1nc2ccccc2n1CC(=O)NC[C@H]1CCCO1. The molecule has 7 nitrogen and oxygen atoms in total. The van der Waals surface area contributed by atoms with E-state index in [-0.39, 0.29) is 30.5 Å². The third-order valence-electron chi connectivity index (χ3n) is 4.34. The Kier molecular flexibility index (Phi) is 5.33. The van der Waals surface area contributed by atoms with Gasteiger partial charge in [-0.1, -0.05) is 12.1 Å². The number of para-hydroxylation sites is 2. The molecule has 7 heteroatoms. The number of aromatic nitrogens is 2. The van der Waals surface area contributed by atoms with Gasteiger partial charge in [-0.15, -0.1) is 0 Å². The summed E-state index contributed by atoms with van der Waals surface area (Å²) in [6.07, 6.45) is 2.14. The van der Waals surface area contributed by atoms with Crippen LogP contribution in [0.1, 0.15) is 38.6 Å². The molecule has 1 saturated heterocycles. The Morgan fingerprint density at radius 1 is 1.40 bits per heavy atom. The molecule has 0 unspecified atom stereocenters. The van der Waals surface area contributed by atoms with E-state index in [0.717, 1.165) is 30.5 Å². The molecule has 0 aliphatic carbocycles. The van der Waals surface area contributed by atoms with Crippen molar-refractivity contribution in [2.45, 2.75) is 45.4 Å². The average Bonchev–Trinajstić information content (AvgIpc) is 3.20. The maximum atomic E-state index is 12.4. The molecule has 1 fully saturated rings. The second-order valence-corrected chi connectivity index (χ2v) is 6.41. The molecule has 3 rings (SSSR count). The van der Waals surface area contributed by atoms with Gasteiger partial charge < -0.3 is 19.9 Å². The molecule has 0 radical (unpaired) electrons. The molecule has 1 aromatic carbocycles. The molecule has 2 aromatic rings. The largest absolute Gasteiger partial charge is 0.376 e. The molecule has 1 aliphatic rings. The van der Waals surface area contributed by atoms with E-state index in [0.29, 0.717) is 12.4 Å². The van der Waals surface area contributed by atoms with Gasteiger partial charge in [0.1, 0.15) is 12.4 Å². The van der Waals surface area contributed by atoms with Gasteiger partial charge in [0.25, 0.3) is 0 Å². The number of nitrogens with one attached hydrogen (secondary N) is 2. The van der Waals surface area contributed by atoms with Gasteiger partial charge in [0.15, 0.2) is 0 Å². The van der Waals surface area contributed by atoms with Crippen molar-refractivity contribution in [2.24, 2.45) is 0 Å². The van der Waals surface area contributed by atoms with E-state index in [9.17, 15) is 9.59 Å². The minimum absolute atomic E-state index is 0.0880. The molecule has 0 spiro atoms. The monoisotopic (exact) mass is 344 g/mol. The first-order chi connectivity index (χ1) is 12.0. The molecule has 0 bridgehead atoms. The molecule has 0 saturated carbocycles. The average molecular weight is 344 g/mol. The Bertz CT molecular complexity index is 765. The highest BCUT2D eigenvalue weighted by molar-refractivity contribution is 5.81. The van der Waals surface area contributed by atoms with Gasteiger partial charge in [0.2, 0.25) is 11.8 Å². The fourth-order valence-corrected chi connectivity index (χ4v) is 3.19. The van der Waals surface area contributed by atoms with E-state index in [1.165, 1.54) is 6.92 Å². The van der Waals surface area contributed by atoms with Crippen molar-refractivity contribution < 1.29 is 14.3 Å². The predicted octanol–water partition coefficient (Wildman–Crippen LogP) is 1.53. The summed E-state index contributed by atoms with van der Waals surface area (Å²) in [7, 11) is 0. The van der Waals surface area contributed by atoms with Gasteiger partial charge in [-0.05, 0) is 31.9 Å². The van der Waals surface area contributed by atoms with Crippen LogP contribution in [-0.4, -0.2) is 40.6 Å². The molecule has 2 N–H and O–H groups in total. The van der Waals surface area contributed by atoms with E-state index in [2.05, 4.69) is 15.6 Å². The number of rotatable bonds is 6. The Hall–Kier alpha value is -2.41. The van der Waals surface area contributed by atoms with Crippen molar-refractivity contribution in [2.75, 3.05) is 13.2 Å². The number of carbonyl (C=O) groups is 2. The van der Waals surface area contributed by atoms with Gasteiger partial charge in [-0.3, -0.25) is 9.59 Å². The van der Waals surface area contributed by atoms with Crippen LogP contribution in [-0.2, 0) is 20.9 Å². The number of hydrogen-bond donors (Lipinski definition) is 2. The van der Waals surface area contributed by atoms with Crippen LogP contribution in [0.2, 0.25) is 0 Å². The number of ether oxygens (including phenoxy) is 1. The van der Waals surface area contributed by atoms with Crippen molar-refractivity contribution in [3.8, 4) is 0 Å². The summed E-state index contributed by atoms with van der Waals surface area (Å²) in [6, 6.07) is 7.37. The van der Waals surface area contributed by atoms with E-state index in [4.69, 9.17) is 4.74 Å². The van der Waals surface area contributed by atoms with Crippen LogP contribution in [0.4, 0.5) is 0 Å². The quantitative estimate of drug-likeness (QED) is 0.832. The standard InChI is InChI=1S/C18H24N4O3/c1-12(20-13(2)23)18-21-15-7-3-4-8-16(15)22(18)11-17(24)19-10-14-6-5-9-25-14/h3-4,7-8,12,14H,5-6,9-11H2,1-2H3,(H,19,24)(H,20,23)/t12-,14+/m0/s1. The van der Waals surface area contributed by atoms with E-state index in [1.807, 2.05) is 35.8 Å². The smallest absolute Gasteiger partial charge is 0.240 e. The minimum atomic E-state index is -0.282. The lowest BCUT2D eigenvalue weighted by atomic mass is 10.2. The number of carbonyl (C=O) groups excluding carboxylic acids is 2. The molecule has 2 atom stereocenters. The number of nitrogens with zero attached hydrogens (tertiary/aromatic N) is 2. The summed E-state index contributed by atoms with van der Waals surface area (Å²) >= 11 is 0. The fraction of sp³-hybridized carbons (Fsp3) is 0.500. The maximum absolute atomic E-state index is 12.4. The molecule has 2 heterocycles. The van der Waals surface area contributed by atoms with E-state index in [1.54, 1.807) is 0 Å². The third kappa shape index (κ3) is 4.17. The number of fused-ring (bicyclic) bond motifs is 1. The second-order valence-electron chi connectivity index (χ2n) is 6.41. The lowest BCUT2D eigenvalue weighted by molar-refractivity contribution is -0.122. The van der Waals surface area contributed by atoms with Crippen LogP contribution in [0.5, 0.6) is 0 Å². The molecule has 25 heavy (non-hydrogen) atoms. The van der Waals surface area contributed by atoms with Crippen molar-refractivity contribution in [1.82, 2.24) is 20.2 Å². The van der Waals surface area contributed by atoms with Gasteiger partial charge in [-0.2, -0.15) is 0 Å². The number of hydrogen-bond acceptors (Lipinski definition) is 4. The molecular weight excluding hydrogens is 320 g/mol. The summed E-state index contributed by atoms with van der Waals surface area (Å²) in [5, 5.41) is 5.77. The normalized spacial score (nSPS) is 18.2. The van der Waals surface area contributed by atoms with Crippen molar-refractivity contribution >= 4 is 22.8 Å². The summed E-state index contributed by atoms with van der Waals surface area (Å²) < 4.78 is 7.40. The zero-order valence-corrected chi connectivity index (χ0v) is 14.6. The molecule has 1 aliphatic heterocycles. The maximum Gasteiger partial charge on any atom is 0.240 e. The van der Waals surface area contributed by atoms with Gasteiger partial charge >= 0.3 is 0 Å². The van der Waals surface area contributed by atoms with Crippen LogP contribution in [0.25, 0.3) is 11.0 Å². The summed E-state index contributed by atoms with van der Waals surface area (Å²) in [6.45, 7) is 4.79. The van der Waals surface area contributed by atoms with E-state index < -0.39 is 0 Å². The predicted molar refractivity (Wildman–Crippen MR) is 93.9 cm³/mol. The lowest BCUT2D eigenvalue weighted by Crippen LogP contribution is -2.35. The number of amides is 2. The Morgan fingerprint density at radius 3 is 2.92 bits per heavy atom. The van der Waals surface area contributed by atoms with Crippen LogP contribution >= 0.6 is 0 Å². The zero-order chi connectivity index (χ0) is 17.8. The second kappa shape index (κ2) is 7.65. The van der Waals surface area contributed by atoms with Crippen molar-refractivity contribution in [3.63, 3.8) is 0 Å². The molecule has 134 valence electrons. The first-order valence-corrected chi connectivity index (χ1v) is 8.65. The highest BCUT2D eigenvalue weighted by Gasteiger charge is 2.20. The zero-order valence-electron chi connectivity index (χ0n) is 14.6. The fourth-order valence-electron chi connectivity index (χ4n) is 3.19. The van der Waals surface area contributed by atoms with Crippen LogP contribution < -0.4 is 10.6 Å². The highest BCUT2D eigenvalue weighted by Crippen LogP contribution is 2.20. The van der Waals surface area contributed by atoms with Gasteiger partial charge in [-0.25, -0.2) is 4.98 Å². The summed E-state index contributed by atoms with van der Waals surface area (Å²) in [4.78, 5) is 28.4. The van der Waals surface area contributed by atoms with Gasteiger partial charge in [0.05, 0.1) is 23.2 Å². The van der Waals surface area contributed by atoms with E-state index >= 15 is 0 Å². The van der Waals surface area contributed by atoms with Gasteiger partial charge in [0, 0.05) is 20.1 Å². The molecule has 2 amide bonds. The van der Waals surface area contributed by atoms with Crippen LogP contribution in [0.15, 0.2) is 24.3 Å². The molecular formula is C18H24N4O3. The first-order valence-electron chi connectivity index (χ1n) is 8.65. The van der Waals surface area contributed by atoms with Crippen LogP contribution in [0.3, 0.4) is 0 Å². The van der Waals surface area contributed by atoms with Crippen LogP contribution in [0, 0.1) is 0 Å². The first kappa shape index (κ1) is 17.4.